The van der Waals surface area contributed by atoms with E-state index in [0.717, 1.165) is 13.1 Å². The van der Waals surface area contributed by atoms with Crippen LogP contribution in [0.2, 0.25) is 0 Å². The molecule has 1 aromatic carbocycles. The molecule has 0 spiro atoms. The summed E-state index contributed by atoms with van der Waals surface area (Å²) in [5.41, 5.74) is 0.609. The van der Waals surface area contributed by atoms with E-state index in [0.29, 0.717) is 34.9 Å². The monoisotopic (exact) mass is 327 g/mol. The highest BCUT2D eigenvalue weighted by molar-refractivity contribution is 5.97. The second-order valence-corrected chi connectivity index (χ2v) is 6.68. The molecule has 1 aliphatic carbocycles. The van der Waals surface area contributed by atoms with Crippen molar-refractivity contribution in [3.8, 4) is 5.75 Å². The van der Waals surface area contributed by atoms with Crippen molar-refractivity contribution in [2.45, 2.75) is 32.8 Å². The number of nitrogens with zero attached hydrogens (tertiary/aromatic N) is 3. The summed E-state index contributed by atoms with van der Waals surface area (Å²) in [5.74, 6) is 2.98. The smallest absolute Gasteiger partial charge is 0.257 e. The van der Waals surface area contributed by atoms with Gasteiger partial charge in [0.15, 0.2) is 6.61 Å². The maximum atomic E-state index is 12.9. The fourth-order valence-electron chi connectivity index (χ4n) is 3.88. The number of hydrogen-bond acceptors (Lipinski definition) is 5. The lowest BCUT2D eigenvalue weighted by molar-refractivity contribution is 0.0775. The molecule has 126 valence electrons. The molecule has 6 heteroatoms. The molecule has 1 aromatic heterocycles. The van der Waals surface area contributed by atoms with Crippen molar-refractivity contribution in [1.82, 2.24) is 15.0 Å². The lowest BCUT2D eigenvalue weighted by Crippen LogP contribution is -2.29. The Morgan fingerprint density at radius 2 is 2.04 bits per heavy atom. The van der Waals surface area contributed by atoms with Crippen LogP contribution in [0.1, 0.15) is 41.3 Å². The van der Waals surface area contributed by atoms with Gasteiger partial charge >= 0.3 is 0 Å². The number of hydrogen-bond donors (Lipinski definition) is 0. The van der Waals surface area contributed by atoms with Crippen molar-refractivity contribution in [2.24, 2.45) is 11.8 Å². The fourth-order valence-corrected chi connectivity index (χ4v) is 3.88. The van der Waals surface area contributed by atoms with Gasteiger partial charge in [-0.05, 0) is 36.8 Å². The van der Waals surface area contributed by atoms with Crippen LogP contribution in [0.4, 0.5) is 0 Å². The molecular weight excluding hydrogens is 306 g/mol. The first-order valence-corrected chi connectivity index (χ1v) is 8.51. The van der Waals surface area contributed by atoms with E-state index in [1.807, 2.05) is 29.2 Å². The van der Waals surface area contributed by atoms with E-state index < -0.39 is 0 Å². The second kappa shape index (κ2) is 6.26. The second-order valence-electron chi connectivity index (χ2n) is 6.68. The minimum Gasteiger partial charge on any atom is -0.485 e. The Hall–Kier alpha value is -2.37. The van der Waals surface area contributed by atoms with Gasteiger partial charge < -0.3 is 14.2 Å². The van der Waals surface area contributed by atoms with Crippen LogP contribution in [0.5, 0.6) is 5.75 Å². The van der Waals surface area contributed by atoms with Crippen molar-refractivity contribution < 1.29 is 14.1 Å². The first-order valence-electron chi connectivity index (χ1n) is 8.51. The van der Waals surface area contributed by atoms with Gasteiger partial charge in [-0.25, -0.2) is 0 Å². The number of benzene rings is 1. The molecule has 0 bridgehead atoms. The van der Waals surface area contributed by atoms with Gasteiger partial charge in [0.1, 0.15) is 5.75 Å². The molecule has 4 rings (SSSR count). The molecule has 2 aliphatic rings. The number of amides is 1. The van der Waals surface area contributed by atoms with Crippen LogP contribution in [0.3, 0.4) is 0 Å². The fraction of sp³-hybridized carbons (Fsp3) is 0.500. The topological polar surface area (TPSA) is 68.5 Å². The molecule has 2 aromatic rings. The van der Waals surface area contributed by atoms with Crippen molar-refractivity contribution in [3.05, 3.63) is 41.5 Å². The first-order chi connectivity index (χ1) is 11.7. The molecule has 0 radical (unpaired) electrons. The Kier molecular flexibility index (Phi) is 3.96. The van der Waals surface area contributed by atoms with Crippen LogP contribution in [0, 0.1) is 18.8 Å². The van der Waals surface area contributed by atoms with Crippen LogP contribution in [0.25, 0.3) is 0 Å². The van der Waals surface area contributed by atoms with Gasteiger partial charge in [-0.1, -0.05) is 23.7 Å². The first kappa shape index (κ1) is 15.2. The number of likely N-dealkylation sites (tertiary alicyclic amines) is 1. The number of rotatable bonds is 4. The van der Waals surface area contributed by atoms with Gasteiger partial charge in [0.2, 0.25) is 11.7 Å². The van der Waals surface area contributed by atoms with Crippen molar-refractivity contribution >= 4 is 5.91 Å². The van der Waals surface area contributed by atoms with Gasteiger partial charge in [-0.3, -0.25) is 4.79 Å². The minimum absolute atomic E-state index is 0.0595. The average molecular weight is 327 g/mol. The lowest BCUT2D eigenvalue weighted by Gasteiger charge is -2.19. The number of aryl methyl sites for hydroxylation is 1. The summed E-state index contributed by atoms with van der Waals surface area (Å²) in [6, 6.07) is 7.38. The Bertz CT molecular complexity index is 731. The standard InChI is InChI=1S/C18H21N3O3/c1-12-19-17(20-24-12)11-23-16-8-3-2-7-15(16)18(22)21-9-13-5-4-6-14(13)10-21/h2-3,7-8,13-14H,4-6,9-11H2,1H3. The third-order valence-electron chi connectivity index (χ3n) is 5.06. The predicted octanol–water partition coefficient (Wildman–Crippen LogP) is 2.83. The third kappa shape index (κ3) is 2.88. The molecule has 6 nitrogen and oxygen atoms in total. The Morgan fingerprint density at radius 1 is 1.29 bits per heavy atom. The quantitative estimate of drug-likeness (QED) is 0.864. The molecule has 2 fully saturated rings. The number of ether oxygens (including phenoxy) is 1. The normalized spacial score (nSPS) is 22.6. The third-order valence-corrected chi connectivity index (χ3v) is 5.06. The van der Waals surface area contributed by atoms with Crippen LogP contribution in [0.15, 0.2) is 28.8 Å². The molecule has 2 unspecified atom stereocenters. The van der Waals surface area contributed by atoms with Crippen LogP contribution < -0.4 is 4.74 Å². The summed E-state index contributed by atoms with van der Waals surface area (Å²) in [6.07, 6.45) is 3.81. The lowest BCUT2D eigenvalue weighted by atomic mass is 10.0. The number of para-hydroxylation sites is 1. The van der Waals surface area contributed by atoms with E-state index in [2.05, 4.69) is 10.1 Å². The maximum Gasteiger partial charge on any atom is 0.257 e. The van der Waals surface area contributed by atoms with E-state index >= 15 is 0 Å². The Morgan fingerprint density at radius 3 is 2.75 bits per heavy atom. The largest absolute Gasteiger partial charge is 0.485 e. The van der Waals surface area contributed by atoms with Gasteiger partial charge in [0, 0.05) is 20.0 Å². The molecule has 1 amide bonds. The molecule has 2 atom stereocenters. The molecule has 1 saturated heterocycles. The zero-order valence-electron chi connectivity index (χ0n) is 13.8. The van der Waals surface area contributed by atoms with E-state index in [1.54, 1.807) is 6.92 Å². The summed E-state index contributed by atoms with van der Waals surface area (Å²) in [5, 5.41) is 3.81. The van der Waals surface area contributed by atoms with Gasteiger partial charge in [-0.15, -0.1) is 0 Å². The Balaban J connectivity index is 1.47. The molecular formula is C18H21N3O3. The summed E-state index contributed by atoms with van der Waals surface area (Å²) < 4.78 is 10.7. The molecule has 2 heterocycles. The molecule has 0 N–H and O–H groups in total. The maximum absolute atomic E-state index is 12.9. The number of fused-ring (bicyclic) bond motifs is 1. The highest BCUT2D eigenvalue weighted by Gasteiger charge is 2.38. The van der Waals surface area contributed by atoms with Crippen molar-refractivity contribution in [2.75, 3.05) is 13.1 Å². The zero-order chi connectivity index (χ0) is 16.5. The number of carbonyl (C=O) groups excluding carboxylic acids is 1. The minimum atomic E-state index is 0.0595. The van der Waals surface area contributed by atoms with Crippen molar-refractivity contribution in [1.29, 1.82) is 0 Å². The average Bonchev–Trinajstić information content (AvgIpc) is 3.28. The van der Waals surface area contributed by atoms with Crippen LogP contribution in [-0.4, -0.2) is 34.0 Å². The van der Waals surface area contributed by atoms with Gasteiger partial charge in [0.25, 0.3) is 5.91 Å². The SMILES string of the molecule is Cc1nc(COc2ccccc2C(=O)N2CC3CCCC3C2)no1. The molecule has 1 saturated carbocycles. The number of aromatic nitrogens is 2. The summed E-state index contributed by atoms with van der Waals surface area (Å²) in [4.78, 5) is 19.0. The van der Waals surface area contributed by atoms with Crippen molar-refractivity contribution in [3.63, 3.8) is 0 Å². The predicted molar refractivity (Wildman–Crippen MR) is 86.5 cm³/mol. The van der Waals surface area contributed by atoms with E-state index in [1.165, 1.54) is 19.3 Å². The zero-order valence-corrected chi connectivity index (χ0v) is 13.8. The van der Waals surface area contributed by atoms with Crippen LogP contribution in [-0.2, 0) is 6.61 Å². The summed E-state index contributed by atoms with van der Waals surface area (Å²) in [6.45, 7) is 3.68. The molecule has 24 heavy (non-hydrogen) atoms. The number of carbonyl (C=O) groups is 1. The van der Waals surface area contributed by atoms with E-state index in [9.17, 15) is 4.79 Å². The van der Waals surface area contributed by atoms with E-state index in [4.69, 9.17) is 9.26 Å². The highest BCUT2D eigenvalue weighted by atomic mass is 16.5. The summed E-state index contributed by atoms with van der Waals surface area (Å²) >= 11 is 0. The summed E-state index contributed by atoms with van der Waals surface area (Å²) in [7, 11) is 0. The van der Waals surface area contributed by atoms with E-state index in [-0.39, 0.29) is 12.5 Å². The molecule has 1 aliphatic heterocycles. The highest BCUT2D eigenvalue weighted by Crippen LogP contribution is 2.38. The van der Waals surface area contributed by atoms with Gasteiger partial charge in [0.05, 0.1) is 5.56 Å². The van der Waals surface area contributed by atoms with Gasteiger partial charge in [-0.2, -0.15) is 4.98 Å². The Labute approximate surface area is 140 Å². The van der Waals surface area contributed by atoms with Crippen LogP contribution >= 0.6 is 0 Å².